The van der Waals surface area contributed by atoms with Crippen molar-refractivity contribution in [1.29, 1.82) is 0 Å². The molecule has 0 aromatic heterocycles. The van der Waals surface area contributed by atoms with Gasteiger partial charge in [0.15, 0.2) is 9.84 Å². The standard InChI is InChI=1S/C13H18FNO3S/c1-18-11-7-9(13(8-15)4-3-5-13)6-10(14)12(11)19(2,16)17/h6-7H,3-5,8,15H2,1-2H3. The lowest BCUT2D eigenvalue weighted by Gasteiger charge is -2.41. The Labute approximate surface area is 112 Å². The van der Waals surface area contributed by atoms with Crippen LogP contribution in [0.15, 0.2) is 17.0 Å². The molecule has 1 aliphatic rings. The summed E-state index contributed by atoms with van der Waals surface area (Å²) in [5.74, 6) is -0.714. The van der Waals surface area contributed by atoms with E-state index in [2.05, 4.69) is 0 Å². The van der Waals surface area contributed by atoms with Gasteiger partial charge in [-0.1, -0.05) is 6.42 Å². The van der Waals surface area contributed by atoms with E-state index in [0.29, 0.717) is 6.54 Å². The van der Waals surface area contributed by atoms with Crippen LogP contribution in [0.25, 0.3) is 0 Å². The van der Waals surface area contributed by atoms with Crippen molar-refractivity contribution in [2.75, 3.05) is 19.9 Å². The van der Waals surface area contributed by atoms with E-state index in [0.717, 1.165) is 31.1 Å². The number of ether oxygens (including phenoxy) is 1. The monoisotopic (exact) mass is 287 g/mol. The number of halogens is 1. The maximum absolute atomic E-state index is 14.1. The van der Waals surface area contributed by atoms with E-state index >= 15 is 0 Å². The molecular weight excluding hydrogens is 269 g/mol. The molecule has 0 atom stereocenters. The topological polar surface area (TPSA) is 69.4 Å². The third kappa shape index (κ3) is 2.34. The highest BCUT2D eigenvalue weighted by Crippen LogP contribution is 2.45. The Morgan fingerprint density at radius 1 is 1.42 bits per heavy atom. The number of nitrogens with two attached hydrogens (primary N) is 1. The first kappa shape index (κ1) is 14.3. The molecule has 1 fully saturated rings. The summed E-state index contributed by atoms with van der Waals surface area (Å²) >= 11 is 0. The molecule has 1 aliphatic carbocycles. The van der Waals surface area contributed by atoms with Crippen LogP contribution in [0.2, 0.25) is 0 Å². The van der Waals surface area contributed by atoms with Crippen molar-refractivity contribution in [3.63, 3.8) is 0 Å². The average Bonchev–Trinajstić information content (AvgIpc) is 2.25. The number of rotatable bonds is 4. The fraction of sp³-hybridized carbons (Fsp3) is 0.538. The first-order valence-electron chi connectivity index (χ1n) is 6.12. The summed E-state index contributed by atoms with van der Waals surface area (Å²) in [5, 5.41) is 0. The van der Waals surface area contributed by atoms with Gasteiger partial charge in [-0.05, 0) is 30.5 Å². The van der Waals surface area contributed by atoms with Crippen LogP contribution in [-0.4, -0.2) is 28.3 Å². The van der Waals surface area contributed by atoms with Gasteiger partial charge in [-0.25, -0.2) is 12.8 Å². The molecule has 0 radical (unpaired) electrons. The van der Waals surface area contributed by atoms with E-state index in [1.54, 1.807) is 6.07 Å². The van der Waals surface area contributed by atoms with E-state index in [9.17, 15) is 12.8 Å². The van der Waals surface area contributed by atoms with Gasteiger partial charge >= 0.3 is 0 Å². The number of hydrogen-bond donors (Lipinski definition) is 1. The first-order valence-corrected chi connectivity index (χ1v) is 8.01. The van der Waals surface area contributed by atoms with Crippen LogP contribution >= 0.6 is 0 Å². The highest BCUT2D eigenvalue weighted by molar-refractivity contribution is 7.90. The highest BCUT2D eigenvalue weighted by atomic mass is 32.2. The van der Waals surface area contributed by atoms with Crippen molar-refractivity contribution in [3.8, 4) is 5.75 Å². The zero-order valence-electron chi connectivity index (χ0n) is 11.1. The second kappa shape index (κ2) is 4.76. The summed E-state index contributed by atoms with van der Waals surface area (Å²) in [6, 6.07) is 2.89. The molecule has 2 rings (SSSR count). The molecule has 0 heterocycles. The molecule has 6 heteroatoms. The molecule has 1 saturated carbocycles. The summed E-state index contributed by atoms with van der Waals surface area (Å²) in [6.07, 6.45) is 3.80. The summed E-state index contributed by atoms with van der Waals surface area (Å²) < 4.78 is 42.4. The fourth-order valence-electron chi connectivity index (χ4n) is 2.60. The van der Waals surface area contributed by atoms with Gasteiger partial charge in [0.05, 0.1) is 7.11 Å². The van der Waals surface area contributed by atoms with Crippen molar-refractivity contribution < 1.29 is 17.5 Å². The smallest absolute Gasteiger partial charge is 0.182 e. The van der Waals surface area contributed by atoms with Gasteiger partial charge in [0.2, 0.25) is 0 Å². The Kier molecular flexibility index (Phi) is 3.57. The quantitative estimate of drug-likeness (QED) is 0.913. The van der Waals surface area contributed by atoms with Crippen LogP contribution in [0.4, 0.5) is 4.39 Å². The van der Waals surface area contributed by atoms with Crippen molar-refractivity contribution in [2.45, 2.75) is 29.6 Å². The highest BCUT2D eigenvalue weighted by Gasteiger charge is 2.38. The molecule has 0 saturated heterocycles. The molecular formula is C13H18FNO3S. The molecule has 106 valence electrons. The SMILES string of the molecule is COc1cc(C2(CN)CCC2)cc(F)c1S(C)(=O)=O. The molecule has 0 amide bonds. The maximum Gasteiger partial charge on any atom is 0.182 e. The Hall–Kier alpha value is -1.14. The minimum absolute atomic E-state index is 0.0530. The van der Waals surface area contributed by atoms with Gasteiger partial charge in [-0.15, -0.1) is 0 Å². The molecule has 0 spiro atoms. The van der Waals surface area contributed by atoms with Crippen LogP contribution in [0, 0.1) is 5.82 Å². The van der Waals surface area contributed by atoms with Gasteiger partial charge in [-0.2, -0.15) is 0 Å². The second-order valence-electron chi connectivity index (χ2n) is 5.10. The van der Waals surface area contributed by atoms with Crippen molar-refractivity contribution >= 4 is 9.84 Å². The van der Waals surface area contributed by atoms with Gasteiger partial charge in [0.1, 0.15) is 16.5 Å². The molecule has 4 nitrogen and oxygen atoms in total. The third-order valence-corrected chi connectivity index (χ3v) is 5.05. The van der Waals surface area contributed by atoms with Gasteiger partial charge < -0.3 is 10.5 Å². The van der Waals surface area contributed by atoms with Crippen LogP contribution in [0.1, 0.15) is 24.8 Å². The molecule has 0 bridgehead atoms. The lowest BCUT2D eigenvalue weighted by atomic mass is 9.64. The van der Waals surface area contributed by atoms with E-state index in [4.69, 9.17) is 10.5 Å². The zero-order valence-corrected chi connectivity index (χ0v) is 11.9. The average molecular weight is 287 g/mol. The lowest BCUT2D eigenvalue weighted by molar-refractivity contribution is 0.250. The van der Waals surface area contributed by atoms with E-state index in [1.807, 2.05) is 0 Å². The van der Waals surface area contributed by atoms with Gasteiger partial charge in [0.25, 0.3) is 0 Å². The van der Waals surface area contributed by atoms with Gasteiger partial charge in [-0.3, -0.25) is 0 Å². The predicted molar refractivity (Wildman–Crippen MR) is 70.6 cm³/mol. The largest absolute Gasteiger partial charge is 0.495 e. The predicted octanol–water partition coefficient (Wildman–Crippen LogP) is 1.62. The molecule has 1 aromatic carbocycles. The number of benzene rings is 1. The first-order chi connectivity index (χ1) is 8.84. The Morgan fingerprint density at radius 3 is 2.42 bits per heavy atom. The van der Waals surface area contributed by atoms with E-state index < -0.39 is 15.7 Å². The van der Waals surface area contributed by atoms with Gasteiger partial charge in [0, 0.05) is 18.2 Å². The number of sulfone groups is 1. The number of methoxy groups -OCH3 is 1. The molecule has 19 heavy (non-hydrogen) atoms. The minimum Gasteiger partial charge on any atom is -0.495 e. The Morgan fingerprint density at radius 2 is 2.05 bits per heavy atom. The zero-order chi connectivity index (χ0) is 14.3. The van der Waals surface area contributed by atoms with Crippen LogP contribution in [0.5, 0.6) is 5.75 Å². The molecule has 2 N–H and O–H groups in total. The molecule has 1 aromatic rings. The molecule has 0 aliphatic heterocycles. The summed E-state index contributed by atoms with van der Waals surface area (Å²) in [6.45, 7) is 0.424. The van der Waals surface area contributed by atoms with Crippen molar-refractivity contribution in [1.82, 2.24) is 0 Å². The van der Waals surface area contributed by atoms with Crippen LogP contribution < -0.4 is 10.5 Å². The Balaban J connectivity index is 2.60. The number of hydrogen-bond acceptors (Lipinski definition) is 4. The minimum atomic E-state index is -3.67. The maximum atomic E-state index is 14.1. The fourth-order valence-corrected chi connectivity index (χ4v) is 3.52. The van der Waals surface area contributed by atoms with Crippen molar-refractivity contribution in [3.05, 3.63) is 23.5 Å². The normalized spacial score (nSPS) is 17.9. The lowest BCUT2D eigenvalue weighted by Crippen LogP contribution is -2.41. The van der Waals surface area contributed by atoms with Crippen LogP contribution in [0.3, 0.4) is 0 Å². The van der Waals surface area contributed by atoms with Crippen molar-refractivity contribution in [2.24, 2.45) is 5.73 Å². The second-order valence-corrected chi connectivity index (χ2v) is 7.05. The Bertz CT molecular complexity index is 589. The third-order valence-electron chi connectivity index (χ3n) is 3.91. The summed E-state index contributed by atoms with van der Waals surface area (Å²) in [5.41, 5.74) is 6.28. The van der Waals surface area contributed by atoms with E-state index in [1.165, 1.54) is 13.2 Å². The molecule has 0 unspecified atom stereocenters. The summed E-state index contributed by atoms with van der Waals surface area (Å²) in [7, 11) is -2.33. The van der Waals surface area contributed by atoms with Crippen LogP contribution in [-0.2, 0) is 15.3 Å². The van der Waals surface area contributed by atoms with E-state index in [-0.39, 0.29) is 16.1 Å². The summed E-state index contributed by atoms with van der Waals surface area (Å²) in [4.78, 5) is -0.384.